The number of aliphatic hydroxyl groups is 1. The van der Waals surface area contributed by atoms with Crippen molar-refractivity contribution >= 4 is 21.7 Å². The molecule has 8 nitrogen and oxygen atoms in total. The zero-order chi connectivity index (χ0) is 29.3. The van der Waals surface area contributed by atoms with E-state index in [0.717, 1.165) is 25.0 Å². The third kappa shape index (κ3) is 6.53. The molecule has 2 aromatic carbocycles. The molecule has 15 heteroatoms. The fourth-order valence-electron chi connectivity index (χ4n) is 4.34. The molecule has 0 unspecified atom stereocenters. The number of hydrogen-bond donors (Lipinski definition) is 3. The highest BCUT2D eigenvalue weighted by Gasteiger charge is 2.71. The van der Waals surface area contributed by atoms with Crippen molar-refractivity contribution in [1.29, 1.82) is 0 Å². The SMILES string of the molecule is O=C(NCC1CC1)Nc1cccc(S(=O)(=O)N2CCN(Cc3ccc(C(O)(C(F)(F)F)C(F)(F)F)cc3)CC2)c1. The van der Waals surface area contributed by atoms with Crippen LogP contribution in [0.2, 0.25) is 0 Å². The topological polar surface area (TPSA) is 102 Å². The van der Waals surface area contributed by atoms with Gasteiger partial charge in [-0.3, -0.25) is 4.90 Å². The van der Waals surface area contributed by atoms with E-state index in [0.29, 0.717) is 35.8 Å². The molecule has 3 N–H and O–H groups in total. The minimum atomic E-state index is -5.97. The quantitative estimate of drug-likeness (QED) is 0.401. The Balaban J connectivity index is 1.35. The summed E-state index contributed by atoms with van der Waals surface area (Å²) in [5.41, 5.74) is -5.62. The first kappa shape index (κ1) is 30.1. The summed E-state index contributed by atoms with van der Waals surface area (Å²) in [6.07, 6.45) is -9.79. The maximum absolute atomic E-state index is 13.2. The van der Waals surface area contributed by atoms with Gasteiger partial charge >= 0.3 is 18.4 Å². The van der Waals surface area contributed by atoms with Crippen LogP contribution in [-0.4, -0.2) is 73.8 Å². The van der Waals surface area contributed by atoms with Gasteiger partial charge in [-0.25, -0.2) is 13.2 Å². The van der Waals surface area contributed by atoms with E-state index in [4.69, 9.17) is 0 Å². The van der Waals surface area contributed by atoms with Crippen LogP contribution in [0.15, 0.2) is 53.4 Å². The molecule has 40 heavy (non-hydrogen) atoms. The summed E-state index contributed by atoms with van der Waals surface area (Å²) in [6.45, 7) is 1.43. The summed E-state index contributed by atoms with van der Waals surface area (Å²) in [6, 6.07) is 8.76. The molecule has 2 aliphatic rings. The van der Waals surface area contributed by atoms with Crippen LogP contribution >= 0.6 is 0 Å². The van der Waals surface area contributed by atoms with Crippen LogP contribution in [0.3, 0.4) is 0 Å². The molecule has 1 aliphatic carbocycles. The average molecular weight is 595 g/mol. The zero-order valence-electron chi connectivity index (χ0n) is 21.1. The molecule has 0 aromatic heterocycles. The lowest BCUT2D eigenvalue weighted by Crippen LogP contribution is -2.53. The Bertz CT molecular complexity index is 1290. The number of carbonyl (C=O) groups is 1. The van der Waals surface area contributed by atoms with E-state index in [1.165, 1.54) is 22.5 Å². The number of urea groups is 1. The number of benzene rings is 2. The normalized spacial score (nSPS) is 18.0. The molecule has 2 amide bonds. The summed E-state index contributed by atoms with van der Waals surface area (Å²) in [5, 5.41) is 14.9. The van der Waals surface area contributed by atoms with Gasteiger partial charge in [0.25, 0.3) is 5.60 Å². The molecule has 2 aromatic rings. The number of anilines is 1. The second-order valence-corrected chi connectivity index (χ2v) is 11.8. The van der Waals surface area contributed by atoms with E-state index in [9.17, 15) is 44.7 Å². The fourth-order valence-corrected chi connectivity index (χ4v) is 5.81. The number of rotatable bonds is 8. The van der Waals surface area contributed by atoms with Crippen LogP contribution in [0.4, 0.5) is 36.8 Å². The standard InChI is InChI=1S/C25H28F6N4O4S/c26-24(27,28)23(37,25(29,30)31)19-8-6-18(7-9-19)16-34-10-12-35(13-11-34)40(38,39)21-3-1-2-20(14-21)33-22(36)32-15-17-4-5-17/h1-3,6-9,14,17,37H,4-5,10-13,15-16H2,(H2,32,33,36). The van der Waals surface area contributed by atoms with E-state index in [-0.39, 0.29) is 37.6 Å². The monoisotopic (exact) mass is 594 g/mol. The molecular weight excluding hydrogens is 566 g/mol. The second-order valence-electron chi connectivity index (χ2n) is 9.89. The van der Waals surface area contributed by atoms with Gasteiger partial charge in [0.05, 0.1) is 4.90 Å². The Labute approximate surface area is 227 Å². The molecule has 0 spiro atoms. The fraction of sp³-hybridized carbons (Fsp3) is 0.480. The molecule has 1 saturated heterocycles. The number of hydrogen-bond acceptors (Lipinski definition) is 5. The molecule has 1 aliphatic heterocycles. The van der Waals surface area contributed by atoms with Crippen molar-refractivity contribution in [3.63, 3.8) is 0 Å². The van der Waals surface area contributed by atoms with Crippen LogP contribution in [-0.2, 0) is 22.2 Å². The Morgan fingerprint density at radius 3 is 2.08 bits per heavy atom. The molecular formula is C25H28F6N4O4S. The van der Waals surface area contributed by atoms with Crippen molar-refractivity contribution in [2.75, 3.05) is 38.0 Å². The number of nitrogens with zero attached hydrogens (tertiary/aromatic N) is 2. The first-order valence-electron chi connectivity index (χ1n) is 12.4. The van der Waals surface area contributed by atoms with Gasteiger partial charge in [0.1, 0.15) is 0 Å². The predicted octanol–water partition coefficient (Wildman–Crippen LogP) is 4.04. The van der Waals surface area contributed by atoms with Gasteiger partial charge in [0, 0.05) is 50.5 Å². The van der Waals surface area contributed by atoms with Crippen molar-refractivity contribution in [2.45, 2.75) is 42.2 Å². The number of alkyl halides is 6. The summed E-state index contributed by atoms with van der Waals surface area (Å²) >= 11 is 0. The van der Waals surface area contributed by atoms with E-state index in [2.05, 4.69) is 10.6 Å². The van der Waals surface area contributed by atoms with E-state index < -0.39 is 39.6 Å². The van der Waals surface area contributed by atoms with Gasteiger partial charge in [0.2, 0.25) is 10.0 Å². The zero-order valence-corrected chi connectivity index (χ0v) is 21.9. The highest BCUT2D eigenvalue weighted by atomic mass is 32.2. The third-order valence-corrected chi connectivity index (χ3v) is 8.80. The number of amides is 2. The predicted molar refractivity (Wildman–Crippen MR) is 133 cm³/mol. The minimum Gasteiger partial charge on any atom is -0.369 e. The van der Waals surface area contributed by atoms with E-state index in [1.54, 1.807) is 6.07 Å². The van der Waals surface area contributed by atoms with Gasteiger partial charge in [0.15, 0.2) is 0 Å². The highest BCUT2D eigenvalue weighted by molar-refractivity contribution is 7.89. The number of halogens is 6. The van der Waals surface area contributed by atoms with Gasteiger partial charge < -0.3 is 15.7 Å². The summed E-state index contributed by atoms with van der Waals surface area (Å²) in [4.78, 5) is 13.9. The second kappa shape index (κ2) is 11.2. The minimum absolute atomic E-state index is 0.00153. The first-order valence-corrected chi connectivity index (χ1v) is 13.9. The molecule has 1 heterocycles. The Morgan fingerprint density at radius 2 is 1.52 bits per heavy atom. The Morgan fingerprint density at radius 1 is 0.925 bits per heavy atom. The Hall–Kier alpha value is -2.88. The van der Waals surface area contributed by atoms with Crippen molar-refractivity contribution in [1.82, 2.24) is 14.5 Å². The van der Waals surface area contributed by atoms with Gasteiger partial charge in [-0.1, -0.05) is 30.3 Å². The maximum atomic E-state index is 13.2. The Kier molecular flexibility index (Phi) is 8.41. The van der Waals surface area contributed by atoms with Crippen LogP contribution in [0.25, 0.3) is 0 Å². The van der Waals surface area contributed by atoms with E-state index >= 15 is 0 Å². The van der Waals surface area contributed by atoms with E-state index in [1.807, 2.05) is 4.90 Å². The maximum Gasteiger partial charge on any atom is 0.430 e. The number of sulfonamides is 1. The van der Waals surface area contributed by atoms with Gasteiger partial charge in [-0.2, -0.15) is 30.6 Å². The van der Waals surface area contributed by atoms with Crippen molar-refractivity contribution in [3.8, 4) is 0 Å². The molecule has 0 atom stereocenters. The summed E-state index contributed by atoms with van der Waals surface area (Å²) in [7, 11) is -3.89. The largest absolute Gasteiger partial charge is 0.430 e. The van der Waals surface area contributed by atoms with Crippen molar-refractivity contribution in [2.24, 2.45) is 5.92 Å². The lowest BCUT2D eigenvalue weighted by atomic mass is 9.91. The highest BCUT2D eigenvalue weighted by Crippen LogP contribution is 2.50. The molecule has 220 valence electrons. The van der Waals surface area contributed by atoms with Crippen molar-refractivity contribution in [3.05, 3.63) is 59.7 Å². The van der Waals surface area contributed by atoms with Crippen LogP contribution in [0.1, 0.15) is 24.0 Å². The lowest BCUT2D eigenvalue weighted by molar-refractivity contribution is -0.376. The molecule has 4 rings (SSSR count). The van der Waals surface area contributed by atoms with Gasteiger partial charge in [-0.15, -0.1) is 0 Å². The number of piperazine rings is 1. The summed E-state index contributed by atoms with van der Waals surface area (Å²) < 4.78 is 106. The smallest absolute Gasteiger partial charge is 0.369 e. The number of carbonyl (C=O) groups excluding carboxylic acids is 1. The molecule has 0 radical (unpaired) electrons. The first-order chi connectivity index (χ1) is 18.6. The lowest BCUT2D eigenvalue weighted by Gasteiger charge is -2.34. The van der Waals surface area contributed by atoms with Crippen molar-refractivity contribution < 1.29 is 44.7 Å². The van der Waals surface area contributed by atoms with Crippen LogP contribution < -0.4 is 10.6 Å². The average Bonchev–Trinajstić information content (AvgIpc) is 3.71. The number of nitrogens with one attached hydrogen (secondary N) is 2. The molecule has 1 saturated carbocycles. The molecule has 2 fully saturated rings. The van der Waals surface area contributed by atoms with Crippen LogP contribution in [0.5, 0.6) is 0 Å². The van der Waals surface area contributed by atoms with Crippen LogP contribution in [0, 0.1) is 5.92 Å². The summed E-state index contributed by atoms with van der Waals surface area (Å²) in [5.74, 6) is 0.485. The third-order valence-electron chi connectivity index (χ3n) is 6.91. The molecule has 0 bridgehead atoms. The van der Waals surface area contributed by atoms with Gasteiger partial charge in [-0.05, 0) is 42.5 Å².